The zero-order valence-electron chi connectivity index (χ0n) is 16.4. The molecule has 29 heavy (non-hydrogen) atoms. The third-order valence-electron chi connectivity index (χ3n) is 5.20. The minimum Gasteiger partial charge on any atom is -0.497 e. The van der Waals surface area contributed by atoms with Gasteiger partial charge in [0, 0.05) is 17.9 Å². The van der Waals surface area contributed by atoms with Crippen molar-refractivity contribution in [1.29, 1.82) is 0 Å². The molecule has 0 radical (unpaired) electrons. The summed E-state index contributed by atoms with van der Waals surface area (Å²) < 4.78 is 16.0. The van der Waals surface area contributed by atoms with Crippen molar-refractivity contribution < 1.29 is 23.8 Å². The zero-order chi connectivity index (χ0) is 20.5. The van der Waals surface area contributed by atoms with Crippen LogP contribution in [-0.4, -0.2) is 49.8 Å². The second-order valence-corrected chi connectivity index (χ2v) is 7.86. The van der Waals surface area contributed by atoms with Crippen molar-refractivity contribution in [2.45, 2.75) is 18.0 Å². The number of rotatable bonds is 6. The molecule has 0 aliphatic carbocycles. The quantitative estimate of drug-likeness (QED) is 0.783. The van der Waals surface area contributed by atoms with Crippen LogP contribution in [0.25, 0.3) is 0 Å². The van der Waals surface area contributed by atoms with E-state index in [9.17, 15) is 9.59 Å². The molecule has 2 aliphatic heterocycles. The summed E-state index contributed by atoms with van der Waals surface area (Å²) in [4.78, 5) is 27.7. The zero-order valence-corrected chi connectivity index (χ0v) is 17.2. The number of nitrogens with one attached hydrogen (secondary N) is 1. The molecule has 2 heterocycles. The van der Waals surface area contributed by atoms with Crippen molar-refractivity contribution in [2.24, 2.45) is 0 Å². The number of methoxy groups -OCH3 is 3. The second-order valence-electron chi connectivity index (χ2n) is 6.75. The van der Waals surface area contributed by atoms with Gasteiger partial charge >= 0.3 is 0 Å². The van der Waals surface area contributed by atoms with Crippen molar-refractivity contribution in [2.75, 3.05) is 27.1 Å². The summed E-state index contributed by atoms with van der Waals surface area (Å²) in [7, 11) is 4.65. The van der Waals surface area contributed by atoms with E-state index >= 15 is 0 Å². The van der Waals surface area contributed by atoms with Gasteiger partial charge in [-0.15, -0.1) is 11.8 Å². The first kappa shape index (κ1) is 19.4. The normalized spacial score (nSPS) is 19.6. The van der Waals surface area contributed by atoms with Crippen LogP contribution in [0.5, 0.6) is 17.2 Å². The molecule has 7 nitrogen and oxygen atoms in total. The molecule has 0 bridgehead atoms. The molecule has 1 N–H and O–H groups in total. The predicted octanol–water partition coefficient (Wildman–Crippen LogP) is 2.60. The second kappa shape index (κ2) is 7.87. The number of thioether (sulfide) groups is 1. The summed E-state index contributed by atoms with van der Waals surface area (Å²) in [6.45, 7) is 0.369. The SMILES string of the molecule is COc1cccc(CNC(=O)[C@H]2CS[C@@H]3c4ccc(OC)c(OC)c4C(=O)N23)c1. The lowest BCUT2D eigenvalue weighted by atomic mass is 10.1. The monoisotopic (exact) mass is 414 g/mol. The van der Waals surface area contributed by atoms with Crippen LogP contribution in [0.4, 0.5) is 0 Å². The Bertz CT molecular complexity index is 964. The number of carbonyl (C=O) groups excluding carboxylic acids is 2. The van der Waals surface area contributed by atoms with Crippen molar-refractivity contribution in [3.8, 4) is 17.2 Å². The first-order chi connectivity index (χ1) is 14.1. The number of ether oxygens (including phenoxy) is 3. The first-order valence-corrected chi connectivity index (χ1v) is 10.2. The third-order valence-corrected chi connectivity index (χ3v) is 6.50. The fourth-order valence-corrected chi connectivity index (χ4v) is 5.24. The van der Waals surface area contributed by atoms with Gasteiger partial charge in [-0.2, -0.15) is 0 Å². The molecule has 0 aromatic heterocycles. The van der Waals surface area contributed by atoms with Crippen molar-refractivity contribution in [3.63, 3.8) is 0 Å². The number of fused-ring (bicyclic) bond motifs is 3. The van der Waals surface area contributed by atoms with Crippen LogP contribution < -0.4 is 19.5 Å². The summed E-state index contributed by atoms with van der Waals surface area (Å²) in [5, 5.41) is 2.76. The number of carbonyl (C=O) groups is 2. The molecule has 0 saturated carbocycles. The van der Waals surface area contributed by atoms with Crippen LogP contribution >= 0.6 is 11.8 Å². The van der Waals surface area contributed by atoms with Crippen LogP contribution in [0.2, 0.25) is 0 Å². The third kappa shape index (κ3) is 3.27. The van der Waals surface area contributed by atoms with Gasteiger partial charge in [-0.05, 0) is 23.8 Å². The van der Waals surface area contributed by atoms with E-state index in [2.05, 4.69) is 5.32 Å². The Balaban J connectivity index is 1.53. The molecule has 8 heteroatoms. The van der Waals surface area contributed by atoms with E-state index in [0.29, 0.717) is 29.4 Å². The predicted molar refractivity (Wildman–Crippen MR) is 110 cm³/mol. The van der Waals surface area contributed by atoms with Gasteiger partial charge < -0.3 is 24.4 Å². The Kier molecular flexibility index (Phi) is 5.27. The van der Waals surface area contributed by atoms with E-state index in [-0.39, 0.29) is 17.2 Å². The van der Waals surface area contributed by atoms with Gasteiger partial charge in [0.1, 0.15) is 17.2 Å². The average Bonchev–Trinajstić information content (AvgIpc) is 3.31. The molecule has 2 atom stereocenters. The molecule has 2 aromatic carbocycles. The Labute approximate surface area is 173 Å². The highest BCUT2D eigenvalue weighted by Gasteiger charge is 2.50. The van der Waals surface area contributed by atoms with Crippen molar-refractivity contribution in [1.82, 2.24) is 10.2 Å². The lowest BCUT2D eigenvalue weighted by Gasteiger charge is -2.22. The maximum absolute atomic E-state index is 13.2. The van der Waals surface area contributed by atoms with E-state index in [1.165, 1.54) is 14.2 Å². The van der Waals surface area contributed by atoms with E-state index < -0.39 is 6.04 Å². The fourth-order valence-electron chi connectivity index (χ4n) is 3.78. The van der Waals surface area contributed by atoms with Gasteiger partial charge in [0.2, 0.25) is 5.91 Å². The summed E-state index contributed by atoms with van der Waals surface area (Å²) in [5.74, 6) is 1.83. The Morgan fingerprint density at radius 3 is 2.72 bits per heavy atom. The van der Waals surface area contributed by atoms with E-state index in [4.69, 9.17) is 14.2 Å². The van der Waals surface area contributed by atoms with Gasteiger partial charge in [-0.3, -0.25) is 9.59 Å². The summed E-state index contributed by atoms with van der Waals surface area (Å²) in [5.41, 5.74) is 2.28. The molecule has 2 amide bonds. The highest BCUT2D eigenvalue weighted by atomic mass is 32.2. The Morgan fingerprint density at radius 2 is 2.00 bits per heavy atom. The summed E-state index contributed by atoms with van der Waals surface area (Å²) in [6, 6.07) is 10.7. The molecule has 2 aromatic rings. The van der Waals surface area contributed by atoms with E-state index in [1.807, 2.05) is 30.3 Å². The maximum Gasteiger partial charge on any atom is 0.260 e. The number of hydrogen-bond donors (Lipinski definition) is 1. The molecule has 152 valence electrons. The molecular weight excluding hydrogens is 392 g/mol. The Morgan fingerprint density at radius 1 is 1.17 bits per heavy atom. The topological polar surface area (TPSA) is 77.1 Å². The van der Waals surface area contributed by atoms with Crippen molar-refractivity contribution >= 4 is 23.6 Å². The number of amides is 2. The van der Waals surface area contributed by atoms with Crippen LogP contribution in [0, 0.1) is 0 Å². The van der Waals surface area contributed by atoms with E-state index in [0.717, 1.165) is 16.9 Å². The molecule has 4 rings (SSSR count). The minimum absolute atomic E-state index is 0.171. The highest BCUT2D eigenvalue weighted by Crippen LogP contribution is 2.52. The molecule has 1 saturated heterocycles. The van der Waals surface area contributed by atoms with Crippen molar-refractivity contribution in [3.05, 3.63) is 53.1 Å². The largest absolute Gasteiger partial charge is 0.497 e. The molecule has 1 fully saturated rings. The van der Waals surface area contributed by atoms with Crippen LogP contribution in [0.1, 0.15) is 26.9 Å². The molecule has 0 unspecified atom stereocenters. The molecular formula is C21H22N2O5S. The summed E-state index contributed by atoms with van der Waals surface area (Å²) in [6.07, 6.45) is 0. The number of benzene rings is 2. The lowest BCUT2D eigenvalue weighted by molar-refractivity contribution is -0.124. The molecule has 0 spiro atoms. The smallest absolute Gasteiger partial charge is 0.260 e. The standard InChI is InChI=1S/C21H22N2O5S/c1-26-13-6-4-5-12(9-13)10-22-19(24)15-11-29-21-14-7-8-16(27-2)18(28-3)17(14)20(25)23(15)21/h4-9,15,21H,10-11H2,1-3H3,(H,22,24)/t15-,21-/m1/s1. The number of nitrogens with zero attached hydrogens (tertiary/aromatic N) is 1. The van der Waals surface area contributed by atoms with Gasteiger partial charge in [0.25, 0.3) is 5.91 Å². The maximum atomic E-state index is 13.2. The van der Waals surface area contributed by atoms with Gasteiger partial charge in [-0.1, -0.05) is 18.2 Å². The Hall–Kier alpha value is -2.87. The van der Waals surface area contributed by atoms with E-state index in [1.54, 1.807) is 29.8 Å². The van der Waals surface area contributed by atoms with Gasteiger partial charge in [0.15, 0.2) is 11.5 Å². The summed E-state index contributed by atoms with van der Waals surface area (Å²) >= 11 is 1.58. The average molecular weight is 414 g/mol. The van der Waals surface area contributed by atoms with Crippen LogP contribution in [0.15, 0.2) is 36.4 Å². The van der Waals surface area contributed by atoms with Gasteiger partial charge in [-0.25, -0.2) is 0 Å². The molecule has 2 aliphatic rings. The number of hydrogen-bond acceptors (Lipinski definition) is 6. The van der Waals surface area contributed by atoms with Gasteiger partial charge in [0.05, 0.1) is 26.9 Å². The first-order valence-electron chi connectivity index (χ1n) is 9.18. The fraction of sp³-hybridized carbons (Fsp3) is 0.333. The van der Waals surface area contributed by atoms with Crippen LogP contribution in [-0.2, 0) is 11.3 Å². The van der Waals surface area contributed by atoms with Crippen LogP contribution in [0.3, 0.4) is 0 Å². The minimum atomic E-state index is -0.536. The highest BCUT2D eigenvalue weighted by molar-refractivity contribution is 7.99. The lowest BCUT2D eigenvalue weighted by Crippen LogP contribution is -2.45.